The summed E-state index contributed by atoms with van der Waals surface area (Å²) in [4.78, 5) is 37.2. The van der Waals surface area contributed by atoms with Crippen molar-refractivity contribution in [1.29, 1.82) is 0 Å². The van der Waals surface area contributed by atoms with Gasteiger partial charge in [-0.1, -0.05) is 35.9 Å². The first-order valence-electron chi connectivity index (χ1n) is 12.1. The summed E-state index contributed by atoms with van der Waals surface area (Å²) in [7, 11) is 1.94. The van der Waals surface area contributed by atoms with Crippen LogP contribution < -0.4 is 0 Å². The highest BCUT2D eigenvalue weighted by molar-refractivity contribution is 5.86. The lowest BCUT2D eigenvalue weighted by Gasteiger charge is -2.47. The average molecular weight is 447 g/mol. The molecule has 0 saturated carbocycles. The van der Waals surface area contributed by atoms with Crippen molar-refractivity contribution in [1.82, 2.24) is 19.7 Å². The van der Waals surface area contributed by atoms with E-state index < -0.39 is 0 Å². The number of rotatable bonds is 4. The molecule has 174 valence electrons. The van der Waals surface area contributed by atoms with Crippen LogP contribution >= 0.6 is 0 Å². The summed E-state index contributed by atoms with van der Waals surface area (Å²) in [6.45, 7) is 6.92. The second-order valence-electron chi connectivity index (χ2n) is 10.4. The third-order valence-electron chi connectivity index (χ3n) is 8.34. The summed E-state index contributed by atoms with van der Waals surface area (Å²) in [5.74, 6) is 0.499. The molecule has 0 radical (unpaired) electrons. The fraction of sp³-hybridized carbons (Fsp3) is 0.519. The maximum atomic E-state index is 13.5. The smallest absolute Gasteiger partial charge is 0.230 e. The molecule has 6 heteroatoms. The van der Waals surface area contributed by atoms with Crippen molar-refractivity contribution in [3.63, 3.8) is 0 Å². The number of nitrogens with zero attached hydrogens (tertiary/aromatic N) is 4. The fourth-order valence-corrected chi connectivity index (χ4v) is 6.43. The van der Waals surface area contributed by atoms with E-state index in [1.165, 1.54) is 11.1 Å². The van der Waals surface area contributed by atoms with Gasteiger partial charge in [-0.25, -0.2) is 0 Å². The van der Waals surface area contributed by atoms with E-state index in [1.54, 1.807) is 6.20 Å². The second-order valence-corrected chi connectivity index (χ2v) is 10.4. The molecule has 1 atom stereocenters. The first-order chi connectivity index (χ1) is 15.9. The normalized spacial score (nSPS) is 24.8. The molecule has 1 aromatic carbocycles. The molecule has 5 rings (SSSR count). The monoisotopic (exact) mass is 446 g/mol. The molecule has 0 aliphatic carbocycles. The van der Waals surface area contributed by atoms with Crippen LogP contribution in [0.5, 0.6) is 0 Å². The molecular weight excluding hydrogens is 412 g/mol. The van der Waals surface area contributed by atoms with Crippen molar-refractivity contribution in [2.75, 3.05) is 39.8 Å². The first kappa shape index (κ1) is 22.1. The van der Waals surface area contributed by atoms with Crippen molar-refractivity contribution in [3.05, 3.63) is 65.5 Å². The van der Waals surface area contributed by atoms with Gasteiger partial charge in [-0.2, -0.15) is 0 Å². The summed E-state index contributed by atoms with van der Waals surface area (Å²) in [5.41, 5.74) is 3.08. The van der Waals surface area contributed by atoms with Crippen molar-refractivity contribution in [2.24, 2.45) is 10.8 Å². The number of amides is 2. The van der Waals surface area contributed by atoms with E-state index in [0.29, 0.717) is 12.3 Å². The van der Waals surface area contributed by atoms with Gasteiger partial charge in [-0.15, -0.1) is 0 Å². The van der Waals surface area contributed by atoms with E-state index in [4.69, 9.17) is 0 Å². The Labute approximate surface area is 196 Å². The summed E-state index contributed by atoms with van der Waals surface area (Å²) in [5, 5.41) is 0. The van der Waals surface area contributed by atoms with E-state index in [1.807, 2.05) is 41.2 Å². The maximum absolute atomic E-state index is 13.5. The number of pyridine rings is 1. The van der Waals surface area contributed by atoms with Crippen LogP contribution in [0.15, 0.2) is 48.8 Å². The number of likely N-dealkylation sites (tertiary alicyclic amines) is 3. The lowest BCUT2D eigenvalue weighted by atomic mass is 9.60. The van der Waals surface area contributed by atoms with Crippen LogP contribution in [-0.2, 0) is 22.6 Å². The maximum Gasteiger partial charge on any atom is 0.230 e. The third-order valence-corrected chi connectivity index (χ3v) is 8.34. The van der Waals surface area contributed by atoms with Crippen molar-refractivity contribution >= 4 is 11.8 Å². The van der Waals surface area contributed by atoms with Crippen LogP contribution in [0, 0.1) is 17.8 Å². The second kappa shape index (κ2) is 8.56. The minimum Gasteiger partial charge on any atom is -0.345 e. The molecule has 2 aromatic rings. The summed E-state index contributed by atoms with van der Waals surface area (Å²) < 4.78 is 0. The molecule has 2 amide bonds. The zero-order valence-electron chi connectivity index (χ0n) is 19.8. The van der Waals surface area contributed by atoms with Crippen molar-refractivity contribution < 1.29 is 9.59 Å². The minimum atomic E-state index is -0.323. The number of carbonyl (C=O) groups excluding carboxylic acids is 2. The van der Waals surface area contributed by atoms with Gasteiger partial charge in [-0.3, -0.25) is 19.5 Å². The van der Waals surface area contributed by atoms with Gasteiger partial charge >= 0.3 is 0 Å². The van der Waals surface area contributed by atoms with E-state index >= 15 is 0 Å². The van der Waals surface area contributed by atoms with Gasteiger partial charge in [0.2, 0.25) is 11.8 Å². The highest BCUT2D eigenvalue weighted by atomic mass is 16.2. The van der Waals surface area contributed by atoms with E-state index in [-0.39, 0.29) is 16.7 Å². The van der Waals surface area contributed by atoms with E-state index in [9.17, 15) is 9.59 Å². The zero-order chi connectivity index (χ0) is 23.1. The summed E-state index contributed by atoms with van der Waals surface area (Å²) in [6, 6.07) is 12.3. The number of aromatic nitrogens is 1. The molecule has 3 aliphatic rings. The minimum absolute atomic E-state index is 0.0578. The van der Waals surface area contributed by atoms with E-state index in [0.717, 1.165) is 64.1 Å². The van der Waals surface area contributed by atoms with Crippen LogP contribution in [0.4, 0.5) is 0 Å². The fourth-order valence-electron chi connectivity index (χ4n) is 6.43. The molecule has 0 N–H and O–H groups in total. The topological polar surface area (TPSA) is 56.8 Å². The number of carbonyl (C=O) groups is 2. The lowest BCUT2D eigenvalue weighted by Crippen LogP contribution is -2.53. The predicted molar refractivity (Wildman–Crippen MR) is 127 cm³/mol. The third kappa shape index (κ3) is 3.95. The Morgan fingerprint density at radius 3 is 2.39 bits per heavy atom. The quantitative estimate of drug-likeness (QED) is 0.725. The van der Waals surface area contributed by atoms with E-state index in [2.05, 4.69) is 35.0 Å². The van der Waals surface area contributed by atoms with Gasteiger partial charge in [0.05, 0.1) is 11.8 Å². The highest BCUT2D eigenvalue weighted by Gasteiger charge is 2.64. The van der Waals surface area contributed by atoms with Crippen LogP contribution in [-0.4, -0.2) is 71.3 Å². The van der Waals surface area contributed by atoms with Crippen molar-refractivity contribution in [3.8, 4) is 0 Å². The van der Waals surface area contributed by atoms with Gasteiger partial charge in [0.15, 0.2) is 0 Å². The number of benzene rings is 1. The van der Waals surface area contributed by atoms with Crippen LogP contribution in [0.2, 0.25) is 0 Å². The molecule has 3 aliphatic heterocycles. The van der Waals surface area contributed by atoms with Gasteiger partial charge < -0.3 is 9.80 Å². The molecular formula is C27H34N4O2. The molecule has 3 saturated heterocycles. The number of fused-ring (bicyclic) bond motifs is 1. The molecule has 2 spiro atoms. The number of hydrogen-bond acceptors (Lipinski definition) is 4. The summed E-state index contributed by atoms with van der Waals surface area (Å²) >= 11 is 0. The van der Waals surface area contributed by atoms with Crippen LogP contribution in [0.1, 0.15) is 36.0 Å². The largest absolute Gasteiger partial charge is 0.345 e. The Balaban J connectivity index is 1.31. The van der Waals surface area contributed by atoms with Crippen molar-refractivity contribution in [2.45, 2.75) is 39.2 Å². The zero-order valence-corrected chi connectivity index (χ0v) is 19.8. The number of hydrogen-bond donors (Lipinski definition) is 0. The SMILES string of the molecule is Cc1ccc(CC(=O)N2CCC3(CC2)CN(Cc2cccnc2)CC32CCN(C)C2=O)cc1. The molecule has 0 bridgehead atoms. The van der Waals surface area contributed by atoms with Gasteiger partial charge in [0, 0.05) is 64.1 Å². The molecule has 3 fully saturated rings. The highest BCUT2D eigenvalue weighted by Crippen LogP contribution is 2.57. The Hall–Kier alpha value is -2.73. The van der Waals surface area contributed by atoms with Gasteiger partial charge in [0.1, 0.15) is 0 Å². The Kier molecular flexibility index (Phi) is 5.73. The number of aryl methyl sites for hydroxylation is 1. The molecule has 6 nitrogen and oxygen atoms in total. The predicted octanol–water partition coefficient (Wildman–Crippen LogP) is 2.91. The summed E-state index contributed by atoms with van der Waals surface area (Å²) in [6.07, 6.45) is 6.89. The molecule has 33 heavy (non-hydrogen) atoms. The lowest BCUT2D eigenvalue weighted by molar-refractivity contribution is -0.143. The Bertz CT molecular complexity index is 1010. The van der Waals surface area contributed by atoms with Gasteiger partial charge in [0.25, 0.3) is 0 Å². The average Bonchev–Trinajstić information content (AvgIpc) is 3.28. The molecule has 1 unspecified atom stereocenters. The first-order valence-corrected chi connectivity index (χ1v) is 12.1. The molecule has 4 heterocycles. The standard InChI is InChI=1S/C27H34N4O2/c1-21-5-7-22(8-6-21)16-24(32)31-14-9-26(10-15-31)19-30(18-23-4-3-12-28-17-23)20-27(26)11-13-29(2)25(27)33/h3-8,12,17H,9-11,13-16,18-20H2,1-2H3. The number of piperidine rings is 1. The van der Waals surface area contributed by atoms with Crippen LogP contribution in [0.25, 0.3) is 0 Å². The Morgan fingerprint density at radius 2 is 1.76 bits per heavy atom. The van der Waals surface area contributed by atoms with Gasteiger partial charge in [-0.05, 0) is 43.4 Å². The van der Waals surface area contributed by atoms with Crippen LogP contribution in [0.3, 0.4) is 0 Å². The Morgan fingerprint density at radius 1 is 1.00 bits per heavy atom. The molecule has 1 aromatic heterocycles.